The number of phenolic OH excluding ortho intramolecular Hbond substituents is 3. The molecule has 7 heteroatoms. The maximum absolute atomic E-state index is 10.6. The monoisotopic (exact) mass is 414 g/mol. The highest BCUT2D eigenvalue weighted by Gasteiger charge is 2.08. The molecule has 0 fully saturated rings. The van der Waals surface area contributed by atoms with E-state index in [-0.39, 0.29) is 28.6 Å². The van der Waals surface area contributed by atoms with Gasteiger partial charge in [-0.1, -0.05) is 23.2 Å². The molecule has 0 saturated heterocycles. The molecule has 3 rings (SSSR count). The Morgan fingerprint density at radius 3 is 1.57 bits per heavy atom. The number of hydrogen-bond acceptors (Lipinski definition) is 5. The van der Waals surface area contributed by atoms with Crippen molar-refractivity contribution in [2.75, 3.05) is 0 Å². The number of benzene rings is 3. The quantitative estimate of drug-likeness (QED) is 0.463. The fraction of sp³-hybridized carbons (Fsp3) is 0.0476. The van der Waals surface area contributed by atoms with Gasteiger partial charge in [0.1, 0.15) is 28.6 Å². The van der Waals surface area contributed by atoms with Crippen molar-refractivity contribution in [3.8, 4) is 17.2 Å². The first-order valence-corrected chi connectivity index (χ1v) is 8.98. The molecule has 3 N–H and O–H groups in total. The number of aryl methyl sites for hydroxylation is 1. The van der Waals surface area contributed by atoms with Crippen molar-refractivity contribution in [2.24, 2.45) is 9.98 Å². The van der Waals surface area contributed by atoms with Crippen molar-refractivity contribution >= 4 is 47.0 Å². The highest BCUT2D eigenvalue weighted by Crippen LogP contribution is 2.31. The number of rotatable bonds is 4. The van der Waals surface area contributed by atoms with Crippen molar-refractivity contribution in [2.45, 2.75) is 6.92 Å². The van der Waals surface area contributed by atoms with Gasteiger partial charge in [0.2, 0.25) is 0 Å². The lowest BCUT2D eigenvalue weighted by atomic mass is 10.1. The summed E-state index contributed by atoms with van der Waals surface area (Å²) in [6, 6.07) is 12.5. The van der Waals surface area contributed by atoms with Crippen LogP contribution in [0.25, 0.3) is 0 Å². The summed E-state index contributed by atoms with van der Waals surface area (Å²) in [6.45, 7) is 1.86. The number of aromatic hydroxyl groups is 3. The summed E-state index contributed by atoms with van der Waals surface area (Å²) >= 11 is 11.8. The molecule has 3 aromatic carbocycles. The summed E-state index contributed by atoms with van der Waals surface area (Å²) in [6.07, 6.45) is 2.86. The Kier molecular flexibility index (Phi) is 5.87. The maximum atomic E-state index is 10.6. The van der Waals surface area contributed by atoms with Gasteiger partial charge in [-0.05, 0) is 61.0 Å². The lowest BCUT2D eigenvalue weighted by molar-refractivity contribution is 0.472. The van der Waals surface area contributed by atoms with Crippen LogP contribution in [0.15, 0.2) is 58.5 Å². The van der Waals surface area contributed by atoms with Crippen molar-refractivity contribution in [1.82, 2.24) is 0 Å². The van der Waals surface area contributed by atoms with Gasteiger partial charge in [-0.25, -0.2) is 0 Å². The van der Waals surface area contributed by atoms with Gasteiger partial charge in [-0.2, -0.15) is 0 Å². The summed E-state index contributed by atoms with van der Waals surface area (Å²) in [5.74, 6) is -0.0850. The zero-order valence-electron chi connectivity index (χ0n) is 14.8. The predicted octanol–water partition coefficient (Wildman–Crippen LogP) is 5.92. The van der Waals surface area contributed by atoms with Crippen molar-refractivity contribution in [1.29, 1.82) is 0 Å². The van der Waals surface area contributed by atoms with Crippen molar-refractivity contribution in [3.05, 3.63) is 75.3 Å². The van der Waals surface area contributed by atoms with Gasteiger partial charge in [0.05, 0.1) is 0 Å². The van der Waals surface area contributed by atoms with Crippen molar-refractivity contribution < 1.29 is 15.3 Å². The molecule has 0 saturated carbocycles. The van der Waals surface area contributed by atoms with Gasteiger partial charge in [-0.3, -0.25) is 9.98 Å². The lowest BCUT2D eigenvalue weighted by Crippen LogP contribution is -1.91. The van der Waals surface area contributed by atoms with Gasteiger partial charge in [-0.15, -0.1) is 0 Å². The Labute approximate surface area is 171 Å². The molecular formula is C21H16Cl2N2O3. The smallest absolute Gasteiger partial charge is 0.141 e. The SMILES string of the molecule is Cc1cc(C=Nc2cc(Cl)ccc2O)c(O)c(C=Nc2cc(Cl)ccc2O)c1. The van der Waals surface area contributed by atoms with Gasteiger partial charge in [0, 0.05) is 33.6 Å². The zero-order valence-corrected chi connectivity index (χ0v) is 16.3. The fourth-order valence-electron chi connectivity index (χ4n) is 2.51. The first-order chi connectivity index (χ1) is 13.3. The van der Waals surface area contributed by atoms with Gasteiger partial charge in [0.15, 0.2) is 0 Å². The van der Waals surface area contributed by atoms with Crippen LogP contribution in [0.4, 0.5) is 11.4 Å². The van der Waals surface area contributed by atoms with Crippen LogP contribution in [0.1, 0.15) is 16.7 Å². The van der Waals surface area contributed by atoms with Crippen LogP contribution in [-0.2, 0) is 0 Å². The second-order valence-electron chi connectivity index (χ2n) is 6.07. The molecule has 3 aromatic rings. The summed E-state index contributed by atoms with van der Waals surface area (Å²) in [5, 5.41) is 31.2. The molecule has 0 aliphatic heterocycles. The lowest BCUT2D eigenvalue weighted by Gasteiger charge is -2.06. The highest BCUT2D eigenvalue weighted by atomic mass is 35.5. The van der Waals surface area contributed by atoms with E-state index in [1.54, 1.807) is 24.3 Å². The van der Waals surface area contributed by atoms with Gasteiger partial charge >= 0.3 is 0 Å². The Morgan fingerprint density at radius 1 is 0.714 bits per heavy atom. The summed E-state index contributed by atoms with van der Waals surface area (Å²) in [5.41, 5.74) is 2.32. The molecule has 0 aliphatic rings. The number of aliphatic imine (C=N–C) groups is 2. The van der Waals surface area contributed by atoms with Crippen LogP contribution in [0.2, 0.25) is 10.0 Å². The normalized spacial score (nSPS) is 11.5. The highest BCUT2D eigenvalue weighted by molar-refractivity contribution is 6.31. The largest absolute Gasteiger partial charge is 0.507 e. The number of hydrogen-bond donors (Lipinski definition) is 3. The first-order valence-electron chi connectivity index (χ1n) is 8.22. The van der Waals surface area contributed by atoms with Crippen LogP contribution in [0.5, 0.6) is 17.2 Å². The summed E-state index contributed by atoms with van der Waals surface area (Å²) in [4.78, 5) is 8.41. The van der Waals surface area contributed by atoms with Gasteiger partial charge in [0.25, 0.3) is 0 Å². The summed E-state index contributed by atoms with van der Waals surface area (Å²) < 4.78 is 0. The minimum Gasteiger partial charge on any atom is -0.507 e. The maximum Gasteiger partial charge on any atom is 0.141 e. The van der Waals surface area contributed by atoms with Gasteiger partial charge < -0.3 is 15.3 Å². The van der Waals surface area contributed by atoms with E-state index in [0.717, 1.165) is 5.56 Å². The summed E-state index contributed by atoms with van der Waals surface area (Å²) in [7, 11) is 0. The van der Waals surface area contributed by atoms with Crippen LogP contribution < -0.4 is 0 Å². The first kappa shape index (κ1) is 19.7. The van der Waals surface area contributed by atoms with E-state index in [4.69, 9.17) is 23.2 Å². The van der Waals surface area contributed by atoms with E-state index in [9.17, 15) is 15.3 Å². The fourth-order valence-corrected chi connectivity index (χ4v) is 2.84. The van der Waals surface area contributed by atoms with Crippen LogP contribution in [-0.4, -0.2) is 27.7 Å². The van der Waals surface area contributed by atoms with E-state index in [1.807, 2.05) is 6.92 Å². The Balaban J connectivity index is 1.96. The molecule has 0 bridgehead atoms. The third kappa shape index (κ3) is 4.63. The Bertz CT molecular complexity index is 1010. The number of halogens is 2. The molecule has 0 atom stereocenters. The molecule has 28 heavy (non-hydrogen) atoms. The van der Waals surface area contributed by atoms with E-state index in [0.29, 0.717) is 21.2 Å². The second-order valence-corrected chi connectivity index (χ2v) is 6.95. The topological polar surface area (TPSA) is 85.4 Å². The molecule has 0 aliphatic carbocycles. The van der Waals surface area contributed by atoms with E-state index in [1.165, 1.54) is 36.7 Å². The standard InChI is InChI=1S/C21H16Cl2N2O3/c1-12-6-13(10-24-17-8-15(22)2-4-19(17)26)21(28)14(7-12)11-25-18-9-16(23)3-5-20(18)27/h2-11,26-28H,1H3. The second kappa shape index (κ2) is 8.33. The molecule has 142 valence electrons. The Morgan fingerprint density at radius 2 is 1.14 bits per heavy atom. The van der Waals surface area contributed by atoms with E-state index in [2.05, 4.69) is 9.98 Å². The van der Waals surface area contributed by atoms with Crippen LogP contribution in [0.3, 0.4) is 0 Å². The molecule has 0 radical (unpaired) electrons. The van der Waals surface area contributed by atoms with Crippen molar-refractivity contribution in [3.63, 3.8) is 0 Å². The minimum atomic E-state index is -0.0406. The minimum absolute atomic E-state index is 0.0222. The molecular weight excluding hydrogens is 399 g/mol. The third-order valence-electron chi connectivity index (χ3n) is 3.87. The third-order valence-corrected chi connectivity index (χ3v) is 4.34. The number of nitrogens with zero attached hydrogens (tertiary/aromatic N) is 2. The molecule has 0 aromatic heterocycles. The molecule has 0 heterocycles. The molecule has 0 spiro atoms. The van der Waals surface area contributed by atoms with E-state index >= 15 is 0 Å². The molecule has 0 amide bonds. The Hall–Kier alpha value is -3.02. The molecule has 5 nitrogen and oxygen atoms in total. The van der Waals surface area contributed by atoms with Crippen LogP contribution in [0, 0.1) is 6.92 Å². The zero-order chi connectivity index (χ0) is 20.3. The average molecular weight is 415 g/mol. The molecule has 0 unspecified atom stereocenters. The average Bonchev–Trinajstić information content (AvgIpc) is 2.65. The predicted molar refractivity (Wildman–Crippen MR) is 114 cm³/mol. The van der Waals surface area contributed by atoms with Crippen LogP contribution >= 0.6 is 23.2 Å². The van der Waals surface area contributed by atoms with E-state index < -0.39 is 0 Å². The number of phenols is 3.